The Labute approximate surface area is 241 Å². The monoisotopic (exact) mass is 635 g/mol. The zero-order chi connectivity index (χ0) is 27.1. The Balaban J connectivity index is 1.49. The second-order valence-corrected chi connectivity index (χ2v) is 11.4. The van der Waals surface area contributed by atoms with Gasteiger partial charge in [-0.15, -0.1) is 0 Å². The number of hydrogen-bond acceptors (Lipinski definition) is 7. The van der Waals surface area contributed by atoms with E-state index in [1.165, 1.54) is 0 Å². The number of carbonyl (C=O) groups is 1. The molecule has 3 heterocycles. The number of hydrogen-bond donors (Lipinski definition) is 2. The van der Waals surface area contributed by atoms with Crippen molar-refractivity contribution < 1.29 is 14.3 Å². The van der Waals surface area contributed by atoms with E-state index in [2.05, 4.69) is 39.0 Å². The van der Waals surface area contributed by atoms with Gasteiger partial charge in [-0.3, -0.25) is 4.79 Å². The lowest BCUT2D eigenvalue weighted by molar-refractivity contribution is -0.114. The van der Waals surface area contributed by atoms with Gasteiger partial charge in [-0.1, -0.05) is 59.0 Å². The highest BCUT2D eigenvalue weighted by atomic mass is 127. The molecule has 39 heavy (non-hydrogen) atoms. The molecule has 3 N–H and O–H groups in total. The standard InChI is InChI=1S/C30H30IN5O3/c1-3-38-21-13-11-18(12-14-21)26-25-29(32)33-16-34-30(25)36(35-26)17(2)28-24(19-7-6-8-20(31)15-19)27(37)22-9-4-5-10-23(22)39-28/h4-9,11-14,17,20,23,34H,3,10,15-16H2,1-2H3,(H2,32,33)/t17?,20-,23-/m0/s1. The van der Waals surface area contributed by atoms with E-state index in [9.17, 15) is 4.79 Å². The van der Waals surface area contributed by atoms with Gasteiger partial charge in [0.2, 0.25) is 0 Å². The first-order valence-corrected chi connectivity index (χ1v) is 14.4. The van der Waals surface area contributed by atoms with Crippen molar-refractivity contribution in [3.63, 3.8) is 0 Å². The minimum atomic E-state index is -0.375. The van der Waals surface area contributed by atoms with Gasteiger partial charge in [-0.25, -0.2) is 9.67 Å². The number of Topliss-reactive ketones (excluding diaryl/α,β-unsaturated/α-hetero) is 1. The molecule has 0 radical (unpaired) electrons. The van der Waals surface area contributed by atoms with Gasteiger partial charge in [0.25, 0.3) is 0 Å². The van der Waals surface area contributed by atoms with Gasteiger partial charge in [0, 0.05) is 21.5 Å². The Hall–Kier alpha value is -3.60. The van der Waals surface area contributed by atoms with Gasteiger partial charge in [0.1, 0.15) is 47.7 Å². The third-order valence-electron chi connectivity index (χ3n) is 7.31. The minimum absolute atomic E-state index is 0.0318. The number of nitrogens with one attached hydrogen (secondary N) is 1. The van der Waals surface area contributed by atoms with E-state index in [-0.39, 0.29) is 17.9 Å². The number of amidine groups is 1. The lowest BCUT2D eigenvalue weighted by Gasteiger charge is -2.34. The molecule has 1 aromatic carbocycles. The number of nitrogens with zero attached hydrogens (tertiary/aromatic N) is 3. The van der Waals surface area contributed by atoms with Gasteiger partial charge in [-0.05, 0) is 50.1 Å². The number of fused-ring (bicyclic) bond motifs is 2. The van der Waals surface area contributed by atoms with E-state index in [0.29, 0.717) is 52.1 Å². The SMILES string of the molecule is CCOc1ccc(-c2nn(C(C)C3=C(C4=CC=C[C@H](I)C4)C(=O)C4=CC=CC[C@@H]4O3)c3c2C(N)=NCN3)cc1. The summed E-state index contributed by atoms with van der Waals surface area (Å²) in [6.45, 7) is 4.92. The minimum Gasteiger partial charge on any atom is -0.494 e. The molecule has 8 nitrogen and oxygen atoms in total. The van der Waals surface area contributed by atoms with Crippen molar-refractivity contribution in [3.05, 3.63) is 88.8 Å². The quantitative estimate of drug-likeness (QED) is 0.326. The Morgan fingerprint density at radius 1 is 1.26 bits per heavy atom. The maximum atomic E-state index is 14.0. The molecule has 4 aliphatic rings. The van der Waals surface area contributed by atoms with Crippen LogP contribution in [-0.4, -0.2) is 44.7 Å². The molecule has 0 amide bonds. The highest BCUT2D eigenvalue weighted by Gasteiger charge is 2.39. The van der Waals surface area contributed by atoms with Crippen LogP contribution in [0, 0.1) is 0 Å². The van der Waals surface area contributed by atoms with Crippen LogP contribution in [0.2, 0.25) is 0 Å². The number of aliphatic imine (C=N–C) groups is 1. The molecule has 2 aliphatic carbocycles. The average molecular weight is 636 g/mol. The zero-order valence-electron chi connectivity index (χ0n) is 21.9. The number of ketones is 1. The van der Waals surface area contributed by atoms with Crippen molar-refractivity contribution in [1.29, 1.82) is 0 Å². The van der Waals surface area contributed by atoms with E-state index in [1.807, 2.05) is 73.2 Å². The summed E-state index contributed by atoms with van der Waals surface area (Å²) < 4.78 is 14.5. The molecule has 0 saturated carbocycles. The van der Waals surface area contributed by atoms with E-state index < -0.39 is 0 Å². The summed E-state index contributed by atoms with van der Waals surface area (Å²) in [6, 6.07) is 7.42. The van der Waals surface area contributed by atoms with Crippen LogP contribution in [0.25, 0.3) is 11.3 Å². The normalized spacial score (nSPS) is 22.6. The summed E-state index contributed by atoms with van der Waals surface area (Å²) in [5.74, 6) is 2.64. The molecule has 0 saturated heterocycles. The molecule has 9 heteroatoms. The number of allylic oxidation sites excluding steroid dienone is 8. The van der Waals surface area contributed by atoms with Crippen molar-refractivity contribution >= 4 is 40.0 Å². The number of nitrogens with two attached hydrogens (primary N) is 1. The Morgan fingerprint density at radius 2 is 2.08 bits per heavy atom. The van der Waals surface area contributed by atoms with E-state index in [1.54, 1.807) is 0 Å². The Bertz CT molecular complexity index is 1510. The lowest BCUT2D eigenvalue weighted by atomic mass is 9.83. The van der Waals surface area contributed by atoms with Crippen molar-refractivity contribution in [3.8, 4) is 17.0 Å². The van der Waals surface area contributed by atoms with Gasteiger partial charge < -0.3 is 20.5 Å². The maximum Gasteiger partial charge on any atom is 0.196 e. The zero-order valence-corrected chi connectivity index (χ0v) is 24.0. The second kappa shape index (κ2) is 10.5. The molecule has 3 atom stereocenters. The van der Waals surface area contributed by atoms with Crippen LogP contribution in [0.4, 0.5) is 5.82 Å². The van der Waals surface area contributed by atoms with Gasteiger partial charge in [0.15, 0.2) is 5.78 Å². The number of alkyl halides is 1. The molecule has 2 aromatic rings. The fraction of sp³-hybridized carbons (Fsp3) is 0.300. The largest absolute Gasteiger partial charge is 0.494 e. The third-order valence-corrected chi connectivity index (χ3v) is 8.17. The van der Waals surface area contributed by atoms with Crippen LogP contribution < -0.4 is 15.8 Å². The number of anilines is 1. The smallest absolute Gasteiger partial charge is 0.196 e. The van der Waals surface area contributed by atoms with Crippen LogP contribution in [-0.2, 0) is 9.53 Å². The van der Waals surface area contributed by atoms with E-state index in [0.717, 1.165) is 34.7 Å². The summed E-state index contributed by atoms with van der Waals surface area (Å²) in [5, 5.41) is 8.42. The highest BCUT2D eigenvalue weighted by Crippen LogP contribution is 2.42. The number of rotatable bonds is 6. The van der Waals surface area contributed by atoms with Crippen molar-refractivity contribution in [2.45, 2.75) is 42.8 Å². The van der Waals surface area contributed by atoms with E-state index >= 15 is 0 Å². The van der Waals surface area contributed by atoms with Crippen LogP contribution in [0.3, 0.4) is 0 Å². The molecule has 1 aromatic heterocycles. The van der Waals surface area contributed by atoms with Gasteiger partial charge >= 0.3 is 0 Å². The third kappa shape index (κ3) is 4.62. The maximum absolute atomic E-state index is 14.0. The lowest BCUT2D eigenvalue weighted by Crippen LogP contribution is -2.34. The predicted octanol–water partition coefficient (Wildman–Crippen LogP) is 5.40. The average Bonchev–Trinajstić information content (AvgIpc) is 3.34. The molecule has 1 unspecified atom stereocenters. The van der Waals surface area contributed by atoms with Crippen LogP contribution in [0.1, 0.15) is 38.3 Å². The number of carbonyl (C=O) groups excluding carboxylic acids is 1. The van der Waals surface area contributed by atoms with Crippen molar-refractivity contribution in [2.24, 2.45) is 10.7 Å². The number of ether oxygens (including phenoxy) is 2. The molecular weight excluding hydrogens is 605 g/mol. The Kier molecular flexibility index (Phi) is 6.92. The molecule has 200 valence electrons. The first-order chi connectivity index (χ1) is 19.0. The molecule has 0 spiro atoms. The summed E-state index contributed by atoms with van der Waals surface area (Å²) >= 11 is 2.40. The van der Waals surface area contributed by atoms with Gasteiger partial charge in [0.05, 0.1) is 17.7 Å². The summed E-state index contributed by atoms with van der Waals surface area (Å²) in [7, 11) is 0. The number of halogens is 1. The van der Waals surface area contributed by atoms with Gasteiger partial charge in [-0.2, -0.15) is 5.10 Å². The topological polar surface area (TPSA) is 104 Å². The second-order valence-electron chi connectivity index (χ2n) is 9.79. The molecule has 0 bridgehead atoms. The van der Waals surface area contributed by atoms with Crippen molar-refractivity contribution in [2.75, 3.05) is 18.6 Å². The molecule has 6 rings (SSSR count). The van der Waals surface area contributed by atoms with Crippen LogP contribution in [0.15, 0.2) is 88.2 Å². The summed E-state index contributed by atoms with van der Waals surface area (Å²) in [4.78, 5) is 18.4. The Morgan fingerprint density at radius 3 is 2.85 bits per heavy atom. The first kappa shape index (κ1) is 25.7. The molecular formula is C30H30IN5O3. The molecule has 0 fully saturated rings. The van der Waals surface area contributed by atoms with E-state index in [4.69, 9.17) is 20.3 Å². The fourth-order valence-electron chi connectivity index (χ4n) is 5.44. The first-order valence-electron chi connectivity index (χ1n) is 13.2. The molecule has 2 aliphatic heterocycles. The number of aromatic nitrogens is 2. The summed E-state index contributed by atoms with van der Waals surface area (Å²) in [5.41, 5.74) is 11.1. The van der Waals surface area contributed by atoms with Crippen molar-refractivity contribution in [1.82, 2.24) is 9.78 Å². The predicted molar refractivity (Wildman–Crippen MR) is 161 cm³/mol. The highest BCUT2D eigenvalue weighted by molar-refractivity contribution is 14.1. The van der Waals surface area contributed by atoms with Crippen LogP contribution in [0.5, 0.6) is 5.75 Å². The fourth-order valence-corrected chi connectivity index (χ4v) is 6.15. The summed E-state index contributed by atoms with van der Waals surface area (Å²) in [6.07, 6.45) is 13.2. The number of benzene rings is 1. The van der Waals surface area contributed by atoms with Crippen LogP contribution >= 0.6 is 22.6 Å².